The number of rotatable bonds is 3. The lowest BCUT2D eigenvalue weighted by molar-refractivity contribution is -0.0690. The van der Waals surface area contributed by atoms with E-state index in [4.69, 9.17) is 4.43 Å². The fourth-order valence-electron chi connectivity index (χ4n) is 0.583. The van der Waals surface area contributed by atoms with Gasteiger partial charge in [0.05, 0.1) is 11.2 Å². The second kappa shape index (κ2) is 2.86. The lowest BCUT2D eigenvalue weighted by Crippen LogP contribution is -2.47. The van der Waals surface area contributed by atoms with Gasteiger partial charge >= 0.3 is 0 Å². The Morgan fingerprint density at radius 3 is 1.90 bits per heavy atom. The Morgan fingerprint density at radius 2 is 1.90 bits per heavy atom. The fourth-order valence-corrected chi connectivity index (χ4v) is 1.25. The largest absolute Gasteiger partial charge is 0.416 e. The van der Waals surface area contributed by atoms with E-state index < -0.39 is 11.2 Å². The zero-order valence-corrected chi connectivity index (χ0v) is 9.14. The van der Waals surface area contributed by atoms with Crippen molar-refractivity contribution in [2.45, 2.75) is 32.0 Å². The summed E-state index contributed by atoms with van der Waals surface area (Å²) in [6, 6.07) is 0. The molecule has 0 rings (SSSR count). The summed E-state index contributed by atoms with van der Waals surface area (Å²) in [5.74, 6) is 0. The maximum atomic E-state index is 9.56. The smallest absolute Gasteiger partial charge is 0.147 e. The van der Waals surface area contributed by atoms with Crippen LogP contribution in [0.4, 0.5) is 0 Å². The molecule has 1 atom stereocenters. The molecule has 0 aliphatic heterocycles. The predicted octanol–water partition coefficient (Wildman–Crippen LogP) is -0.00100. The Kier molecular flexibility index (Phi) is 2.82. The van der Waals surface area contributed by atoms with Gasteiger partial charge in [-0.15, -0.1) is 6.58 Å². The zero-order valence-electron chi connectivity index (χ0n) is 7.14. The van der Waals surface area contributed by atoms with Crippen LogP contribution in [0.3, 0.4) is 0 Å². The molecule has 0 aliphatic rings. The predicted molar refractivity (Wildman–Crippen MR) is 45.9 cm³/mol. The van der Waals surface area contributed by atoms with Gasteiger partial charge in [0.25, 0.3) is 0 Å². The molecule has 0 saturated heterocycles. The fraction of sp³-hybridized carbons (Fsp3) is 0.714. The quantitative estimate of drug-likeness (QED) is 0.465. The van der Waals surface area contributed by atoms with Crippen LogP contribution in [0.1, 0.15) is 20.8 Å². The minimum atomic E-state index is -0.851. The van der Waals surface area contributed by atoms with Crippen molar-refractivity contribution in [3.63, 3.8) is 0 Å². The van der Waals surface area contributed by atoms with Crippen molar-refractivity contribution in [1.82, 2.24) is 0 Å². The minimum absolute atomic E-state index is 0.598. The van der Waals surface area contributed by atoms with E-state index in [0.29, 0.717) is 10.5 Å². The van der Waals surface area contributed by atoms with Gasteiger partial charge in [0.2, 0.25) is 0 Å². The summed E-state index contributed by atoms with van der Waals surface area (Å²) in [5, 5.41) is 9.56. The first kappa shape index (κ1) is 9.88. The molecule has 1 N–H and O–H groups in total. The van der Waals surface area contributed by atoms with E-state index in [0.717, 1.165) is 0 Å². The maximum Gasteiger partial charge on any atom is 0.147 e. The summed E-state index contributed by atoms with van der Waals surface area (Å²) in [6.07, 6.45) is 1.64. The second-order valence-electron chi connectivity index (χ2n) is 3.07. The lowest BCUT2D eigenvalue weighted by atomic mass is 9.88. The third-order valence-corrected chi connectivity index (χ3v) is 2.88. The molecular formula is C7H16O2Si. The Morgan fingerprint density at radius 1 is 1.50 bits per heavy atom. The first-order valence-corrected chi connectivity index (χ1v) is 4.10. The molecule has 0 bridgehead atoms. The first-order chi connectivity index (χ1) is 4.37. The van der Waals surface area contributed by atoms with Gasteiger partial charge in [0.1, 0.15) is 10.5 Å². The Balaban J connectivity index is 4.48. The van der Waals surface area contributed by atoms with Crippen LogP contribution in [0.15, 0.2) is 12.7 Å². The highest BCUT2D eigenvalue weighted by Crippen LogP contribution is 2.25. The monoisotopic (exact) mass is 160 g/mol. The molecule has 0 amide bonds. The molecule has 0 aromatic rings. The van der Waals surface area contributed by atoms with Crippen LogP contribution in [0.5, 0.6) is 0 Å². The van der Waals surface area contributed by atoms with Gasteiger partial charge in [0.15, 0.2) is 0 Å². The molecule has 2 nitrogen and oxygen atoms in total. The van der Waals surface area contributed by atoms with E-state index in [1.807, 2.05) is 6.92 Å². The van der Waals surface area contributed by atoms with Crippen molar-refractivity contribution in [2.24, 2.45) is 0 Å². The van der Waals surface area contributed by atoms with Crippen LogP contribution >= 0.6 is 0 Å². The van der Waals surface area contributed by atoms with E-state index in [9.17, 15) is 5.11 Å². The highest BCUT2D eigenvalue weighted by Gasteiger charge is 2.35. The van der Waals surface area contributed by atoms with Crippen LogP contribution in [-0.2, 0) is 4.43 Å². The molecule has 0 spiro atoms. The van der Waals surface area contributed by atoms with Crippen molar-refractivity contribution in [3.8, 4) is 0 Å². The van der Waals surface area contributed by atoms with Crippen LogP contribution in [0.2, 0.25) is 0 Å². The van der Waals surface area contributed by atoms with Gasteiger partial charge in [0, 0.05) is 0 Å². The number of aliphatic hydroxyl groups is 1. The van der Waals surface area contributed by atoms with Crippen molar-refractivity contribution in [3.05, 3.63) is 12.7 Å². The van der Waals surface area contributed by atoms with Crippen molar-refractivity contribution >= 4 is 10.5 Å². The third kappa shape index (κ3) is 1.68. The molecule has 0 aromatic carbocycles. The standard InChI is InChI=1S/C7H16O2Si/c1-5-7(4,9-10)6(2,3)8/h5,8H,1H2,2-4,10H3. The number of hydrogen-bond acceptors (Lipinski definition) is 2. The molecule has 60 valence electrons. The van der Waals surface area contributed by atoms with Crippen molar-refractivity contribution in [2.75, 3.05) is 0 Å². The van der Waals surface area contributed by atoms with Gasteiger partial charge < -0.3 is 9.53 Å². The first-order valence-electron chi connectivity index (χ1n) is 3.28. The van der Waals surface area contributed by atoms with Crippen LogP contribution in [0.25, 0.3) is 0 Å². The number of hydrogen-bond donors (Lipinski definition) is 1. The SMILES string of the molecule is C=CC(C)(O[SiH3])C(C)(C)O. The van der Waals surface area contributed by atoms with Crippen LogP contribution in [-0.4, -0.2) is 26.8 Å². The summed E-state index contributed by atoms with van der Waals surface area (Å²) < 4.78 is 5.22. The molecule has 0 aliphatic carbocycles. The summed E-state index contributed by atoms with van der Waals surface area (Å²) in [5.41, 5.74) is -1.45. The molecule has 10 heavy (non-hydrogen) atoms. The van der Waals surface area contributed by atoms with Crippen molar-refractivity contribution < 1.29 is 9.53 Å². The molecule has 0 saturated carbocycles. The Hall–Kier alpha value is -0.123. The normalized spacial score (nSPS) is 18.4. The zero-order chi connectivity index (χ0) is 8.41. The van der Waals surface area contributed by atoms with Crippen LogP contribution in [0, 0.1) is 0 Å². The summed E-state index contributed by atoms with van der Waals surface area (Å²) in [6.45, 7) is 8.86. The summed E-state index contributed by atoms with van der Waals surface area (Å²) >= 11 is 0. The molecule has 0 fully saturated rings. The maximum absolute atomic E-state index is 9.56. The Labute approximate surface area is 65.4 Å². The molecule has 3 heteroatoms. The summed E-state index contributed by atoms with van der Waals surface area (Å²) in [7, 11) is 0.606. The molecule has 0 heterocycles. The minimum Gasteiger partial charge on any atom is -0.416 e. The Bertz CT molecular complexity index is 128. The van der Waals surface area contributed by atoms with E-state index in [1.54, 1.807) is 19.9 Å². The molecule has 0 radical (unpaired) electrons. The highest BCUT2D eigenvalue weighted by molar-refractivity contribution is 5.98. The van der Waals surface area contributed by atoms with Gasteiger partial charge in [-0.1, -0.05) is 6.08 Å². The summed E-state index contributed by atoms with van der Waals surface area (Å²) in [4.78, 5) is 0. The highest BCUT2D eigenvalue weighted by atomic mass is 28.2. The third-order valence-electron chi connectivity index (χ3n) is 2.03. The van der Waals surface area contributed by atoms with Gasteiger partial charge in [-0.05, 0) is 20.8 Å². The second-order valence-corrected chi connectivity index (χ2v) is 3.48. The molecule has 1 unspecified atom stereocenters. The van der Waals surface area contributed by atoms with E-state index >= 15 is 0 Å². The van der Waals surface area contributed by atoms with Gasteiger partial charge in [-0.2, -0.15) is 0 Å². The van der Waals surface area contributed by atoms with Gasteiger partial charge in [-0.3, -0.25) is 0 Å². The lowest BCUT2D eigenvalue weighted by Gasteiger charge is -2.37. The topological polar surface area (TPSA) is 29.5 Å². The van der Waals surface area contributed by atoms with Crippen molar-refractivity contribution in [1.29, 1.82) is 0 Å². The molecule has 0 aromatic heterocycles. The average molecular weight is 160 g/mol. The van der Waals surface area contributed by atoms with E-state index in [-0.39, 0.29) is 0 Å². The van der Waals surface area contributed by atoms with E-state index in [1.165, 1.54) is 0 Å². The van der Waals surface area contributed by atoms with Crippen LogP contribution < -0.4 is 0 Å². The average Bonchev–Trinajstić information content (AvgIpc) is 1.84. The van der Waals surface area contributed by atoms with Gasteiger partial charge in [-0.25, -0.2) is 0 Å². The molecular weight excluding hydrogens is 144 g/mol. The van der Waals surface area contributed by atoms with E-state index in [2.05, 4.69) is 6.58 Å².